The van der Waals surface area contributed by atoms with Crippen LogP contribution in [0.5, 0.6) is 0 Å². The summed E-state index contributed by atoms with van der Waals surface area (Å²) in [5.41, 5.74) is 1.84. The number of rotatable bonds is 5. The first-order valence-corrected chi connectivity index (χ1v) is 11.6. The summed E-state index contributed by atoms with van der Waals surface area (Å²) >= 11 is 0. The molecule has 6 atom stereocenters. The summed E-state index contributed by atoms with van der Waals surface area (Å²) < 4.78 is 5.33. The highest BCUT2D eigenvalue weighted by Crippen LogP contribution is 2.63. The number of hydrogen-bond acceptors (Lipinski definition) is 5. The zero-order valence-corrected chi connectivity index (χ0v) is 18.8. The molecule has 1 aromatic rings. The number of esters is 1. The van der Waals surface area contributed by atoms with Gasteiger partial charge in [0.1, 0.15) is 18.2 Å². The number of fused-ring (bicyclic) bond motifs is 1. The van der Waals surface area contributed by atoms with E-state index in [1.54, 1.807) is 0 Å². The van der Waals surface area contributed by atoms with Gasteiger partial charge in [0.2, 0.25) is 0 Å². The van der Waals surface area contributed by atoms with Crippen LogP contribution in [0.2, 0.25) is 0 Å². The van der Waals surface area contributed by atoms with Gasteiger partial charge < -0.3 is 9.53 Å². The van der Waals surface area contributed by atoms with E-state index in [4.69, 9.17) is 4.74 Å². The molecule has 5 heteroatoms. The number of carbonyl (C=O) groups excluding carboxylic acids is 3. The lowest BCUT2D eigenvalue weighted by Crippen LogP contribution is -2.51. The molecule has 2 unspecified atom stereocenters. The third-order valence-electron chi connectivity index (χ3n) is 8.51. The molecule has 0 radical (unpaired) electrons. The van der Waals surface area contributed by atoms with Gasteiger partial charge in [0.15, 0.2) is 0 Å². The average molecular weight is 424 g/mol. The normalized spacial score (nSPS) is 37.6. The number of aldehydes is 1. The lowest BCUT2D eigenvalue weighted by molar-refractivity contribution is -0.156. The van der Waals surface area contributed by atoms with Gasteiger partial charge in [-0.2, -0.15) is 0 Å². The van der Waals surface area contributed by atoms with Crippen molar-refractivity contribution in [1.29, 1.82) is 0 Å². The van der Waals surface area contributed by atoms with E-state index in [9.17, 15) is 14.4 Å². The number of carbonyl (C=O) groups is 3. The topological polar surface area (TPSA) is 73.3 Å². The van der Waals surface area contributed by atoms with E-state index >= 15 is 0 Å². The third kappa shape index (κ3) is 3.77. The molecule has 5 nitrogen and oxygen atoms in total. The van der Waals surface area contributed by atoms with E-state index in [0.717, 1.165) is 31.2 Å². The van der Waals surface area contributed by atoms with Crippen LogP contribution in [0.25, 0.3) is 5.57 Å². The number of hydrogen-bond donors (Lipinski definition) is 0. The van der Waals surface area contributed by atoms with Crippen molar-refractivity contribution in [3.05, 3.63) is 36.2 Å². The van der Waals surface area contributed by atoms with Gasteiger partial charge in [-0.3, -0.25) is 14.6 Å². The molecule has 0 saturated heterocycles. The Labute approximate surface area is 184 Å². The molecule has 2 fully saturated rings. The number of nitrogens with zero attached hydrogens (tertiary/aromatic N) is 1. The molecular formula is C26H33NO4. The summed E-state index contributed by atoms with van der Waals surface area (Å²) in [6, 6.07) is 6.03. The first-order valence-electron chi connectivity index (χ1n) is 11.6. The maximum absolute atomic E-state index is 13.3. The Bertz CT molecular complexity index is 894. The van der Waals surface area contributed by atoms with Crippen LogP contribution in [0.15, 0.2) is 30.5 Å². The van der Waals surface area contributed by atoms with E-state index < -0.39 is 5.41 Å². The molecule has 3 aliphatic rings. The molecule has 0 aromatic carbocycles. The highest BCUT2D eigenvalue weighted by atomic mass is 16.5. The largest absolute Gasteiger partial charge is 0.462 e. The number of Topliss-reactive ketones (excluding diaryl/α,β-unsaturated/α-hetero) is 1. The molecule has 31 heavy (non-hydrogen) atoms. The SMILES string of the molecule is CC(=O)O[C@H]1CC[C@](C)(C2CC[C@]3(C)C(c4ccccn4)=CC[C@H]3C2CC=O)C(=O)C1. The molecule has 3 aliphatic carbocycles. The van der Waals surface area contributed by atoms with Crippen LogP contribution in [0.4, 0.5) is 0 Å². The van der Waals surface area contributed by atoms with Crippen molar-refractivity contribution in [2.75, 3.05) is 0 Å². The monoisotopic (exact) mass is 423 g/mol. The van der Waals surface area contributed by atoms with Crippen LogP contribution < -0.4 is 0 Å². The molecule has 4 rings (SSSR count). The molecule has 0 bridgehead atoms. The van der Waals surface area contributed by atoms with Gasteiger partial charge in [0, 0.05) is 31.4 Å². The summed E-state index contributed by atoms with van der Waals surface area (Å²) in [5.74, 6) is 0.549. The van der Waals surface area contributed by atoms with Crippen LogP contribution in [0.3, 0.4) is 0 Å². The lowest BCUT2D eigenvalue weighted by Gasteiger charge is -2.53. The Morgan fingerprint density at radius 1 is 1.19 bits per heavy atom. The predicted octanol–water partition coefficient (Wildman–Crippen LogP) is 4.80. The Morgan fingerprint density at radius 2 is 1.97 bits per heavy atom. The molecule has 0 spiro atoms. The predicted molar refractivity (Wildman–Crippen MR) is 118 cm³/mol. The zero-order valence-electron chi connectivity index (χ0n) is 18.8. The zero-order chi connectivity index (χ0) is 22.2. The standard InChI is InChI=1S/C26H33NO4/c1-17(29)31-18-9-12-26(3,24(30)16-18)21-10-13-25(2)20(19(21)11-15-28)7-8-22(25)23-6-4-5-14-27-23/h4-6,8,14-15,18-21H,7,9-13,16H2,1-3H3/t18-,19?,20-,21?,25-,26+/m0/s1. The van der Waals surface area contributed by atoms with Gasteiger partial charge in [-0.25, -0.2) is 0 Å². The number of pyridine rings is 1. The first kappa shape index (κ1) is 21.9. The van der Waals surface area contributed by atoms with Crippen LogP contribution in [-0.4, -0.2) is 29.1 Å². The third-order valence-corrected chi connectivity index (χ3v) is 8.51. The molecule has 0 N–H and O–H groups in total. The quantitative estimate of drug-likeness (QED) is 0.502. The molecule has 0 aliphatic heterocycles. The van der Waals surface area contributed by atoms with Crippen LogP contribution >= 0.6 is 0 Å². The first-order chi connectivity index (χ1) is 14.8. The summed E-state index contributed by atoms with van der Waals surface area (Å²) in [6.07, 6.45) is 9.95. The number of allylic oxidation sites excluding steroid dienone is 2. The van der Waals surface area contributed by atoms with Crippen LogP contribution in [0, 0.1) is 28.6 Å². The van der Waals surface area contributed by atoms with Crippen molar-refractivity contribution >= 4 is 23.6 Å². The van der Waals surface area contributed by atoms with Gasteiger partial charge in [-0.1, -0.05) is 26.0 Å². The highest BCUT2D eigenvalue weighted by molar-refractivity contribution is 5.86. The fourth-order valence-electron chi connectivity index (χ4n) is 6.87. The van der Waals surface area contributed by atoms with E-state index in [0.29, 0.717) is 31.6 Å². The van der Waals surface area contributed by atoms with Crippen molar-refractivity contribution in [1.82, 2.24) is 4.98 Å². The number of aromatic nitrogens is 1. The summed E-state index contributed by atoms with van der Waals surface area (Å²) in [6.45, 7) is 5.81. The Balaban J connectivity index is 1.59. The maximum Gasteiger partial charge on any atom is 0.302 e. The molecular weight excluding hydrogens is 390 g/mol. The Morgan fingerprint density at radius 3 is 2.61 bits per heavy atom. The van der Waals surface area contributed by atoms with Crippen molar-refractivity contribution in [3.8, 4) is 0 Å². The number of ether oxygens (including phenoxy) is 1. The second-order valence-electron chi connectivity index (χ2n) is 10.1. The molecule has 1 heterocycles. The van der Waals surface area contributed by atoms with E-state index in [2.05, 4.69) is 31.0 Å². The summed E-state index contributed by atoms with van der Waals surface area (Å²) in [5, 5.41) is 0. The second-order valence-corrected chi connectivity index (χ2v) is 10.1. The Hall–Kier alpha value is -2.30. The summed E-state index contributed by atoms with van der Waals surface area (Å²) in [7, 11) is 0. The van der Waals surface area contributed by atoms with Crippen molar-refractivity contribution in [3.63, 3.8) is 0 Å². The van der Waals surface area contributed by atoms with E-state index in [1.807, 2.05) is 18.3 Å². The molecule has 166 valence electrons. The van der Waals surface area contributed by atoms with Crippen LogP contribution in [-0.2, 0) is 19.1 Å². The van der Waals surface area contributed by atoms with E-state index in [1.165, 1.54) is 12.5 Å². The van der Waals surface area contributed by atoms with Gasteiger partial charge in [-0.05, 0) is 73.0 Å². The van der Waals surface area contributed by atoms with Crippen molar-refractivity contribution < 1.29 is 19.1 Å². The fourth-order valence-corrected chi connectivity index (χ4v) is 6.87. The fraction of sp³-hybridized carbons (Fsp3) is 0.615. The minimum atomic E-state index is -0.459. The second kappa shape index (κ2) is 8.33. The van der Waals surface area contributed by atoms with Crippen LogP contribution in [0.1, 0.15) is 71.4 Å². The van der Waals surface area contributed by atoms with E-state index in [-0.39, 0.29) is 35.1 Å². The summed E-state index contributed by atoms with van der Waals surface area (Å²) in [4.78, 5) is 41.0. The minimum absolute atomic E-state index is 0.0210. The van der Waals surface area contributed by atoms with Gasteiger partial charge in [-0.15, -0.1) is 0 Å². The van der Waals surface area contributed by atoms with Gasteiger partial charge in [0.25, 0.3) is 0 Å². The van der Waals surface area contributed by atoms with Gasteiger partial charge >= 0.3 is 5.97 Å². The average Bonchev–Trinajstić information content (AvgIpc) is 3.09. The van der Waals surface area contributed by atoms with Crippen molar-refractivity contribution in [2.24, 2.45) is 28.6 Å². The lowest BCUT2D eigenvalue weighted by atomic mass is 9.50. The highest BCUT2D eigenvalue weighted by Gasteiger charge is 2.57. The molecule has 2 saturated carbocycles. The minimum Gasteiger partial charge on any atom is -0.462 e. The maximum atomic E-state index is 13.3. The number of ketones is 1. The molecule has 1 aromatic heterocycles. The Kier molecular flexibility index (Phi) is 5.89. The van der Waals surface area contributed by atoms with Gasteiger partial charge in [0.05, 0.1) is 5.69 Å². The van der Waals surface area contributed by atoms with Crippen molar-refractivity contribution in [2.45, 2.75) is 71.8 Å². The molecule has 0 amide bonds. The smallest absolute Gasteiger partial charge is 0.302 e.